The lowest BCUT2D eigenvalue weighted by molar-refractivity contribution is 1.38. The number of allylic oxidation sites excluding steroid dienone is 2. The molecule has 0 saturated carbocycles. The molecule has 0 aliphatic carbocycles. The fourth-order valence-electron chi connectivity index (χ4n) is 2.57. The van der Waals surface area contributed by atoms with Crippen LogP contribution in [0.4, 0.5) is 0 Å². The topological polar surface area (TPSA) is 0 Å². The maximum Gasteiger partial charge on any atom is 0.104 e. The standard InChI is InChI=1S/C20H24Si/c1-5-9-19(18-14-12-17(2)13-15-18)16-21(3,4)20-10-7-6-8-11-20/h5-8,10-16H,1,9H2,2-4H3/b19-16+. The molecule has 0 heterocycles. The van der Waals surface area contributed by atoms with Gasteiger partial charge in [0.05, 0.1) is 0 Å². The molecule has 2 rings (SSSR count). The maximum absolute atomic E-state index is 3.92. The van der Waals surface area contributed by atoms with Crippen molar-refractivity contribution in [1.29, 1.82) is 0 Å². The Balaban J connectivity index is 2.41. The molecule has 0 N–H and O–H groups in total. The van der Waals surface area contributed by atoms with Crippen LogP contribution < -0.4 is 5.19 Å². The van der Waals surface area contributed by atoms with Gasteiger partial charge in [0.25, 0.3) is 0 Å². The molecule has 0 unspecified atom stereocenters. The molecule has 0 fully saturated rings. The summed E-state index contributed by atoms with van der Waals surface area (Å²) >= 11 is 0. The summed E-state index contributed by atoms with van der Waals surface area (Å²) in [5, 5.41) is 1.47. The van der Waals surface area contributed by atoms with Gasteiger partial charge in [0.15, 0.2) is 0 Å². The lowest BCUT2D eigenvalue weighted by atomic mass is 10.0. The highest BCUT2D eigenvalue weighted by atomic mass is 28.3. The van der Waals surface area contributed by atoms with Gasteiger partial charge >= 0.3 is 0 Å². The number of benzene rings is 2. The quantitative estimate of drug-likeness (QED) is 0.530. The summed E-state index contributed by atoms with van der Waals surface area (Å²) in [4.78, 5) is 0. The van der Waals surface area contributed by atoms with Crippen molar-refractivity contribution in [3.63, 3.8) is 0 Å². The van der Waals surface area contributed by atoms with E-state index in [9.17, 15) is 0 Å². The monoisotopic (exact) mass is 292 g/mol. The van der Waals surface area contributed by atoms with Gasteiger partial charge in [-0.2, -0.15) is 0 Å². The van der Waals surface area contributed by atoms with Crippen molar-refractivity contribution in [2.24, 2.45) is 0 Å². The van der Waals surface area contributed by atoms with Gasteiger partial charge in [-0.1, -0.05) is 90.2 Å². The third-order valence-electron chi connectivity index (χ3n) is 3.84. The highest BCUT2D eigenvalue weighted by molar-refractivity contribution is 6.94. The number of rotatable bonds is 5. The molecule has 0 bridgehead atoms. The van der Waals surface area contributed by atoms with E-state index in [2.05, 4.69) is 86.9 Å². The normalized spacial score (nSPS) is 12.2. The molecule has 0 aliphatic heterocycles. The first-order chi connectivity index (χ1) is 10.0. The minimum atomic E-state index is -1.59. The van der Waals surface area contributed by atoms with Gasteiger partial charge in [0.1, 0.15) is 8.07 Å². The van der Waals surface area contributed by atoms with Gasteiger partial charge in [0, 0.05) is 0 Å². The molecule has 2 aromatic rings. The van der Waals surface area contributed by atoms with Crippen LogP contribution in [0.15, 0.2) is 73.0 Å². The average molecular weight is 292 g/mol. The van der Waals surface area contributed by atoms with Crippen LogP contribution in [-0.4, -0.2) is 8.07 Å². The third-order valence-corrected chi connectivity index (χ3v) is 6.73. The van der Waals surface area contributed by atoms with Crippen molar-refractivity contribution in [1.82, 2.24) is 0 Å². The highest BCUT2D eigenvalue weighted by Crippen LogP contribution is 2.22. The summed E-state index contributed by atoms with van der Waals surface area (Å²) < 4.78 is 0. The summed E-state index contributed by atoms with van der Waals surface area (Å²) in [6.45, 7) is 10.9. The molecule has 0 amide bonds. The van der Waals surface area contributed by atoms with Crippen molar-refractivity contribution in [3.05, 3.63) is 84.1 Å². The van der Waals surface area contributed by atoms with Crippen LogP contribution in [0.2, 0.25) is 13.1 Å². The molecule has 2 aromatic carbocycles. The van der Waals surface area contributed by atoms with Crippen LogP contribution in [-0.2, 0) is 0 Å². The molecule has 108 valence electrons. The number of aryl methyl sites for hydroxylation is 1. The van der Waals surface area contributed by atoms with E-state index in [4.69, 9.17) is 0 Å². The first-order valence-corrected chi connectivity index (χ1v) is 10.6. The molecule has 0 aliphatic rings. The Morgan fingerprint density at radius 2 is 1.62 bits per heavy atom. The van der Waals surface area contributed by atoms with Crippen molar-refractivity contribution in [2.45, 2.75) is 26.4 Å². The molecule has 0 aromatic heterocycles. The molecular weight excluding hydrogens is 268 g/mol. The Labute approximate surface area is 129 Å². The molecule has 0 radical (unpaired) electrons. The molecule has 0 spiro atoms. The SMILES string of the molecule is C=CC/C(=C\[Si](C)(C)c1ccccc1)c1ccc(C)cc1. The van der Waals surface area contributed by atoms with Crippen molar-refractivity contribution in [2.75, 3.05) is 0 Å². The van der Waals surface area contributed by atoms with Crippen molar-refractivity contribution >= 4 is 18.8 Å². The molecule has 0 saturated heterocycles. The predicted octanol–water partition coefficient (Wildman–Crippen LogP) is 5.11. The number of hydrogen-bond donors (Lipinski definition) is 0. The lowest BCUT2D eigenvalue weighted by Gasteiger charge is -2.21. The summed E-state index contributed by atoms with van der Waals surface area (Å²) in [7, 11) is -1.59. The number of hydrogen-bond acceptors (Lipinski definition) is 0. The summed E-state index contributed by atoms with van der Waals surface area (Å²) in [5.74, 6) is 0. The van der Waals surface area contributed by atoms with Crippen molar-refractivity contribution < 1.29 is 0 Å². The zero-order valence-electron chi connectivity index (χ0n) is 13.3. The van der Waals surface area contributed by atoms with Gasteiger partial charge in [-0.05, 0) is 24.5 Å². The van der Waals surface area contributed by atoms with Crippen LogP contribution in [0.1, 0.15) is 17.5 Å². The predicted molar refractivity (Wildman–Crippen MR) is 97.5 cm³/mol. The van der Waals surface area contributed by atoms with Crippen LogP contribution in [0.3, 0.4) is 0 Å². The second-order valence-electron chi connectivity index (χ2n) is 6.12. The van der Waals surface area contributed by atoms with Crippen molar-refractivity contribution in [3.8, 4) is 0 Å². The minimum Gasteiger partial charge on any atom is -0.103 e. The second-order valence-corrected chi connectivity index (χ2v) is 10.4. The second kappa shape index (κ2) is 6.73. The van der Waals surface area contributed by atoms with Gasteiger partial charge in [0.2, 0.25) is 0 Å². The van der Waals surface area contributed by atoms with Crippen LogP contribution in [0.25, 0.3) is 5.57 Å². The van der Waals surface area contributed by atoms with E-state index in [-0.39, 0.29) is 0 Å². The van der Waals surface area contributed by atoms with E-state index in [0.717, 1.165) is 6.42 Å². The van der Waals surface area contributed by atoms with E-state index in [1.54, 1.807) is 0 Å². The van der Waals surface area contributed by atoms with E-state index in [0.29, 0.717) is 0 Å². The zero-order valence-corrected chi connectivity index (χ0v) is 14.3. The summed E-state index contributed by atoms with van der Waals surface area (Å²) in [6.07, 6.45) is 2.92. The molecule has 0 atom stereocenters. The molecule has 1 heteroatoms. The molecular formula is C20H24Si. The van der Waals surface area contributed by atoms with E-state index >= 15 is 0 Å². The van der Waals surface area contributed by atoms with Crippen LogP contribution >= 0.6 is 0 Å². The fourth-order valence-corrected chi connectivity index (χ4v) is 4.94. The van der Waals surface area contributed by atoms with Gasteiger partial charge in [-0.3, -0.25) is 0 Å². The smallest absolute Gasteiger partial charge is 0.103 e. The Hall–Kier alpha value is -1.86. The summed E-state index contributed by atoms with van der Waals surface area (Å²) in [6, 6.07) is 19.7. The first kappa shape index (κ1) is 15.5. The van der Waals surface area contributed by atoms with Gasteiger partial charge in [-0.15, -0.1) is 6.58 Å². The maximum atomic E-state index is 3.92. The minimum absolute atomic E-state index is 0.923. The third kappa shape index (κ3) is 4.05. The van der Waals surface area contributed by atoms with Gasteiger partial charge in [-0.25, -0.2) is 0 Å². The van der Waals surface area contributed by atoms with E-state index in [1.165, 1.54) is 21.9 Å². The molecule has 0 nitrogen and oxygen atoms in total. The lowest BCUT2D eigenvalue weighted by Crippen LogP contribution is -2.39. The largest absolute Gasteiger partial charge is 0.104 e. The highest BCUT2D eigenvalue weighted by Gasteiger charge is 2.21. The Morgan fingerprint density at radius 1 is 1.00 bits per heavy atom. The van der Waals surface area contributed by atoms with Crippen LogP contribution in [0.5, 0.6) is 0 Å². The van der Waals surface area contributed by atoms with Gasteiger partial charge < -0.3 is 0 Å². The Morgan fingerprint density at radius 3 is 2.19 bits per heavy atom. The Kier molecular flexibility index (Phi) is 4.97. The molecule has 21 heavy (non-hydrogen) atoms. The zero-order chi connectivity index (χ0) is 15.3. The Bertz CT molecular complexity index is 619. The van der Waals surface area contributed by atoms with Crippen LogP contribution in [0, 0.1) is 6.92 Å². The average Bonchev–Trinajstić information content (AvgIpc) is 2.48. The first-order valence-electron chi connectivity index (χ1n) is 7.48. The van der Waals surface area contributed by atoms with E-state index < -0.39 is 8.07 Å². The fraction of sp³-hybridized carbons (Fsp3) is 0.200. The summed E-state index contributed by atoms with van der Waals surface area (Å²) in [5.41, 5.74) is 6.52. The van der Waals surface area contributed by atoms with E-state index in [1.807, 2.05) is 6.08 Å².